The summed E-state index contributed by atoms with van der Waals surface area (Å²) in [6, 6.07) is 5.59. The smallest absolute Gasteiger partial charge is 0.291 e. The summed E-state index contributed by atoms with van der Waals surface area (Å²) >= 11 is 0. The molecule has 1 unspecified atom stereocenters. The molecular formula is C18H23N5O2. The Balaban J connectivity index is 1.60. The van der Waals surface area contributed by atoms with Gasteiger partial charge in [-0.1, -0.05) is 0 Å². The quantitative estimate of drug-likeness (QED) is 0.821. The fraction of sp³-hybridized carbons (Fsp3) is 0.444. The first-order valence-electron chi connectivity index (χ1n) is 8.36. The van der Waals surface area contributed by atoms with Crippen LogP contribution in [0.25, 0.3) is 0 Å². The van der Waals surface area contributed by atoms with Crippen molar-refractivity contribution in [3.8, 4) is 5.75 Å². The normalized spacial score (nSPS) is 17.1. The van der Waals surface area contributed by atoms with Crippen LogP contribution in [-0.4, -0.2) is 63.9 Å². The van der Waals surface area contributed by atoms with Crippen LogP contribution in [0.5, 0.6) is 5.75 Å². The summed E-state index contributed by atoms with van der Waals surface area (Å²) < 4.78 is 6.04. The standard InChI is InChI=1S/C18H23N5O2/c1-13-4-7-20-17(21-13)18(24)23-9-6-16(12-23)25-15-5-8-19-14(10-15)11-22(2)3/h4-5,7-8,10,16H,6,9,11-12H2,1-3H3. The highest BCUT2D eigenvalue weighted by molar-refractivity contribution is 5.90. The van der Waals surface area contributed by atoms with Crippen LogP contribution in [0, 0.1) is 6.92 Å². The molecule has 2 aromatic heterocycles. The Labute approximate surface area is 147 Å². The van der Waals surface area contributed by atoms with E-state index in [9.17, 15) is 4.79 Å². The zero-order valence-corrected chi connectivity index (χ0v) is 14.8. The second kappa shape index (κ2) is 7.57. The zero-order chi connectivity index (χ0) is 17.8. The molecule has 0 saturated carbocycles. The summed E-state index contributed by atoms with van der Waals surface area (Å²) in [5, 5.41) is 0. The number of nitrogens with zero attached hydrogens (tertiary/aromatic N) is 5. The highest BCUT2D eigenvalue weighted by Crippen LogP contribution is 2.20. The average molecular weight is 341 g/mol. The van der Waals surface area contributed by atoms with Crippen LogP contribution in [0.3, 0.4) is 0 Å². The Hall–Kier alpha value is -2.54. The molecule has 0 aromatic carbocycles. The fourth-order valence-electron chi connectivity index (χ4n) is 2.83. The third-order valence-corrected chi connectivity index (χ3v) is 3.99. The van der Waals surface area contributed by atoms with Crippen LogP contribution in [0.2, 0.25) is 0 Å². The maximum absolute atomic E-state index is 12.5. The number of amides is 1. The molecule has 7 nitrogen and oxygen atoms in total. The van der Waals surface area contributed by atoms with Crippen molar-refractivity contribution in [2.24, 2.45) is 0 Å². The highest BCUT2D eigenvalue weighted by Gasteiger charge is 2.29. The number of likely N-dealkylation sites (tertiary alicyclic amines) is 1. The van der Waals surface area contributed by atoms with Crippen molar-refractivity contribution in [3.63, 3.8) is 0 Å². The van der Waals surface area contributed by atoms with Gasteiger partial charge in [0.25, 0.3) is 5.91 Å². The van der Waals surface area contributed by atoms with Gasteiger partial charge < -0.3 is 14.5 Å². The maximum Gasteiger partial charge on any atom is 0.291 e. The van der Waals surface area contributed by atoms with E-state index >= 15 is 0 Å². The SMILES string of the molecule is Cc1ccnc(C(=O)N2CCC(Oc3ccnc(CN(C)C)c3)C2)n1. The molecule has 0 aliphatic carbocycles. The summed E-state index contributed by atoms with van der Waals surface area (Å²) in [6.45, 7) is 3.80. The summed E-state index contributed by atoms with van der Waals surface area (Å²) in [5.41, 5.74) is 1.75. The van der Waals surface area contributed by atoms with Gasteiger partial charge in [0, 0.05) is 43.7 Å². The molecule has 25 heavy (non-hydrogen) atoms. The molecule has 1 aliphatic heterocycles. The third kappa shape index (κ3) is 4.51. The first-order chi connectivity index (χ1) is 12.0. The van der Waals surface area contributed by atoms with Gasteiger partial charge in [-0.2, -0.15) is 0 Å². The van der Waals surface area contributed by atoms with Crippen LogP contribution in [0.1, 0.15) is 28.4 Å². The molecular weight excluding hydrogens is 318 g/mol. The topological polar surface area (TPSA) is 71.5 Å². The van der Waals surface area contributed by atoms with Crippen LogP contribution in [0.15, 0.2) is 30.6 Å². The summed E-state index contributed by atoms with van der Waals surface area (Å²) in [5.74, 6) is 0.897. The first-order valence-corrected chi connectivity index (χ1v) is 8.36. The first kappa shape index (κ1) is 17.3. The van der Waals surface area contributed by atoms with Gasteiger partial charge in [-0.3, -0.25) is 9.78 Å². The summed E-state index contributed by atoms with van der Waals surface area (Å²) in [4.78, 5) is 28.9. The molecule has 1 saturated heterocycles. The van der Waals surface area contributed by atoms with Gasteiger partial charge in [-0.05, 0) is 33.2 Å². The monoisotopic (exact) mass is 341 g/mol. The van der Waals surface area contributed by atoms with Gasteiger partial charge in [0.1, 0.15) is 11.9 Å². The van der Waals surface area contributed by atoms with E-state index in [1.165, 1.54) is 0 Å². The Kier molecular flexibility index (Phi) is 5.23. The second-order valence-electron chi connectivity index (χ2n) is 6.52. The molecule has 2 aromatic rings. The minimum absolute atomic E-state index is 0.0247. The van der Waals surface area contributed by atoms with Gasteiger partial charge in [0.15, 0.2) is 0 Å². The molecule has 1 fully saturated rings. The number of aromatic nitrogens is 3. The predicted molar refractivity (Wildman–Crippen MR) is 93.3 cm³/mol. The number of carbonyl (C=O) groups is 1. The van der Waals surface area contributed by atoms with Crippen LogP contribution >= 0.6 is 0 Å². The number of carbonyl (C=O) groups excluding carboxylic acids is 1. The molecule has 0 N–H and O–H groups in total. The molecule has 1 amide bonds. The molecule has 3 rings (SSSR count). The van der Waals surface area contributed by atoms with Crippen molar-refractivity contribution in [3.05, 3.63) is 47.8 Å². The van der Waals surface area contributed by atoms with E-state index in [4.69, 9.17) is 4.74 Å². The molecule has 132 valence electrons. The zero-order valence-electron chi connectivity index (χ0n) is 14.8. The Bertz CT molecular complexity index is 750. The number of rotatable bonds is 5. The Morgan fingerprint density at radius 2 is 2.12 bits per heavy atom. The summed E-state index contributed by atoms with van der Waals surface area (Å²) in [6.07, 6.45) is 4.14. The van der Waals surface area contributed by atoms with Crippen LogP contribution in [-0.2, 0) is 6.54 Å². The number of aryl methyl sites for hydroxylation is 1. The van der Waals surface area contributed by atoms with Gasteiger partial charge in [0.05, 0.1) is 12.2 Å². The lowest BCUT2D eigenvalue weighted by Crippen LogP contribution is -2.32. The molecule has 0 radical (unpaired) electrons. The summed E-state index contributed by atoms with van der Waals surface area (Å²) in [7, 11) is 4.01. The van der Waals surface area contributed by atoms with Crippen molar-refractivity contribution in [1.82, 2.24) is 24.8 Å². The van der Waals surface area contributed by atoms with E-state index in [-0.39, 0.29) is 17.8 Å². The molecule has 1 aliphatic rings. The van der Waals surface area contributed by atoms with E-state index in [0.717, 1.165) is 30.1 Å². The Morgan fingerprint density at radius 3 is 2.88 bits per heavy atom. The number of hydrogen-bond acceptors (Lipinski definition) is 6. The van der Waals surface area contributed by atoms with Gasteiger partial charge in [-0.25, -0.2) is 9.97 Å². The third-order valence-electron chi connectivity index (χ3n) is 3.99. The fourth-order valence-corrected chi connectivity index (χ4v) is 2.83. The molecule has 7 heteroatoms. The highest BCUT2D eigenvalue weighted by atomic mass is 16.5. The lowest BCUT2D eigenvalue weighted by atomic mass is 10.3. The van der Waals surface area contributed by atoms with Gasteiger partial charge in [-0.15, -0.1) is 0 Å². The molecule has 1 atom stereocenters. The van der Waals surface area contributed by atoms with Gasteiger partial charge in [0.2, 0.25) is 5.82 Å². The lowest BCUT2D eigenvalue weighted by Gasteiger charge is -2.17. The van der Waals surface area contributed by atoms with Crippen molar-refractivity contribution >= 4 is 5.91 Å². The van der Waals surface area contributed by atoms with E-state index in [1.54, 1.807) is 23.4 Å². The molecule has 0 spiro atoms. The van der Waals surface area contributed by atoms with E-state index in [0.29, 0.717) is 13.1 Å². The van der Waals surface area contributed by atoms with Crippen molar-refractivity contribution in [1.29, 1.82) is 0 Å². The molecule has 3 heterocycles. The maximum atomic E-state index is 12.5. The Morgan fingerprint density at radius 1 is 1.32 bits per heavy atom. The molecule has 0 bridgehead atoms. The average Bonchev–Trinajstić information content (AvgIpc) is 3.02. The van der Waals surface area contributed by atoms with E-state index in [1.807, 2.05) is 33.2 Å². The van der Waals surface area contributed by atoms with Crippen molar-refractivity contribution in [2.75, 3.05) is 27.2 Å². The van der Waals surface area contributed by atoms with Crippen LogP contribution < -0.4 is 4.74 Å². The largest absolute Gasteiger partial charge is 0.488 e. The van der Waals surface area contributed by atoms with E-state index in [2.05, 4.69) is 19.9 Å². The van der Waals surface area contributed by atoms with Crippen molar-refractivity contribution < 1.29 is 9.53 Å². The van der Waals surface area contributed by atoms with Gasteiger partial charge >= 0.3 is 0 Å². The number of ether oxygens (including phenoxy) is 1. The minimum Gasteiger partial charge on any atom is -0.488 e. The van der Waals surface area contributed by atoms with Crippen LogP contribution in [0.4, 0.5) is 0 Å². The lowest BCUT2D eigenvalue weighted by molar-refractivity contribution is 0.0760. The van der Waals surface area contributed by atoms with E-state index < -0.39 is 0 Å². The predicted octanol–water partition coefficient (Wildman–Crippen LogP) is 1.54. The van der Waals surface area contributed by atoms with Crippen molar-refractivity contribution in [2.45, 2.75) is 26.0 Å². The number of pyridine rings is 1. The minimum atomic E-state index is -0.141. The second-order valence-corrected chi connectivity index (χ2v) is 6.52. The number of hydrogen-bond donors (Lipinski definition) is 0.